The molecule has 2 fully saturated rings. The number of nitrogens with one attached hydrogen (secondary N) is 1. The zero-order valence-corrected chi connectivity index (χ0v) is 18.5. The van der Waals surface area contributed by atoms with Crippen LogP contribution in [0.3, 0.4) is 0 Å². The van der Waals surface area contributed by atoms with Crippen LogP contribution in [-0.2, 0) is 0 Å². The van der Waals surface area contributed by atoms with E-state index in [9.17, 15) is 9.90 Å². The quantitative estimate of drug-likeness (QED) is 0.712. The Morgan fingerprint density at radius 3 is 2.50 bits per heavy atom. The van der Waals surface area contributed by atoms with Crippen molar-refractivity contribution >= 4 is 23.3 Å². The SMILES string of the molecule is N#Cc1ccc(OC2CCC(NC(=O)c3ccc(N4CCC(O)CC4)nn3)CC2)cc1Cl. The van der Waals surface area contributed by atoms with Gasteiger partial charge in [-0.2, -0.15) is 5.26 Å². The Hall–Kier alpha value is -2.89. The van der Waals surface area contributed by atoms with Crippen LogP contribution in [-0.4, -0.2) is 52.6 Å². The van der Waals surface area contributed by atoms with Gasteiger partial charge >= 0.3 is 0 Å². The van der Waals surface area contributed by atoms with Gasteiger partial charge in [0.2, 0.25) is 0 Å². The van der Waals surface area contributed by atoms with Gasteiger partial charge in [0.15, 0.2) is 11.5 Å². The average Bonchev–Trinajstić information content (AvgIpc) is 2.81. The van der Waals surface area contributed by atoms with E-state index in [4.69, 9.17) is 21.6 Å². The molecule has 0 spiro atoms. The molecule has 1 aliphatic heterocycles. The van der Waals surface area contributed by atoms with E-state index in [0.717, 1.165) is 44.6 Å². The lowest BCUT2D eigenvalue weighted by molar-refractivity contribution is 0.0888. The Balaban J connectivity index is 1.24. The number of aromatic nitrogens is 2. The third-order valence-electron chi connectivity index (χ3n) is 6.04. The molecule has 32 heavy (non-hydrogen) atoms. The second-order valence-electron chi connectivity index (χ2n) is 8.31. The zero-order chi connectivity index (χ0) is 22.5. The summed E-state index contributed by atoms with van der Waals surface area (Å²) in [5.74, 6) is 1.16. The number of hydrogen-bond acceptors (Lipinski definition) is 7. The Labute approximate surface area is 192 Å². The van der Waals surface area contributed by atoms with Crippen LogP contribution in [0.2, 0.25) is 5.02 Å². The summed E-state index contributed by atoms with van der Waals surface area (Å²) >= 11 is 6.07. The van der Waals surface area contributed by atoms with Crippen LogP contribution in [0.1, 0.15) is 54.6 Å². The fourth-order valence-electron chi connectivity index (χ4n) is 4.15. The number of carbonyl (C=O) groups is 1. The van der Waals surface area contributed by atoms with Gasteiger partial charge in [-0.25, -0.2) is 0 Å². The molecule has 2 heterocycles. The predicted molar refractivity (Wildman–Crippen MR) is 120 cm³/mol. The first-order valence-electron chi connectivity index (χ1n) is 11.0. The molecule has 1 amide bonds. The summed E-state index contributed by atoms with van der Waals surface area (Å²) in [7, 11) is 0. The number of nitrogens with zero attached hydrogens (tertiary/aromatic N) is 4. The molecule has 2 N–H and O–H groups in total. The number of aliphatic hydroxyl groups is 1. The number of rotatable bonds is 5. The number of carbonyl (C=O) groups excluding carboxylic acids is 1. The van der Waals surface area contributed by atoms with Crippen molar-refractivity contribution in [3.8, 4) is 11.8 Å². The lowest BCUT2D eigenvalue weighted by Gasteiger charge is -2.30. The summed E-state index contributed by atoms with van der Waals surface area (Å²) in [6.07, 6.45) is 4.48. The number of anilines is 1. The summed E-state index contributed by atoms with van der Waals surface area (Å²) in [5.41, 5.74) is 0.729. The molecule has 2 aliphatic rings. The maximum Gasteiger partial charge on any atom is 0.272 e. The number of halogens is 1. The monoisotopic (exact) mass is 455 g/mol. The molecule has 1 aromatic carbocycles. The van der Waals surface area contributed by atoms with Crippen LogP contribution < -0.4 is 15.0 Å². The third-order valence-corrected chi connectivity index (χ3v) is 6.36. The predicted octanol–water partition coefficient (Wildman–Crippen LogP) is 3.08. The van der Waals surface area contributed by atoms with E-state index in [1.165, 1.54) is 0 Å². The van der Waals surface area contributed by atoms with Gasteiger partial charge in [-0.05, 0) is 62.8 Å². The fourth-order valence-corrected chi connectivity index (χ4v) is 4.36. The van der Waals surface area contributed by atoms with E-state index in [1.807, 2.05) is 12.1 Å². The van der Waals surface area contributed by atoms with Crippen molar-refractivity contribution in [3.63, 3.8) is 0 Å². The van der Waals surface area contributed by atoms with Gasteiger partial charge in [-0.3, -0.25) is 4.79 Å². The van der Waals surface area contributed by atoms with Crippen LogP contribution >= 0.6 is 11.6 Å². The molecule has 8 nitrogen and oxygen atoms in total. The van der Waals surface area contributed by atoms with E-state index in [0.29, 0.717) is 34.9 Å². The summed E-state index contributed by atoms with van der Waals surface area (Å²) in [6.45, 7) is 1.47. The van der Waals surface area contributed by atoms with E-state index < -0.39 is 0 Å². The minimum absolute atomic E-state index is 0.0503. The molecule has 0 bridgehead atoms. The molecule has 168 valence electrons. The highest BCUT2D eigenvalue weighted by molar-refractivity contribution is 6.31. The van der Waals surface area contributed by atoms with Gasteiger partial charge < -0.3 is 20.1 Å². The summed E-state index contributed by atoms with van der Waals surface area (Å²) in [5, 5.41) is 30.3. The minimum Gasteiger partial charge on any atom is -0.490 e. The fraction of sp³-hybridized carbons (Fsp3) is 0.478. The molecule has 1 saturated heterocycles. The van der Waals surface area contributed by atoms with Gasteiger partial charge in [0.1, 0.15) is 11.8 Å². The second kappa shape index (κ2) is 10.2. The number of aliphatic hydroxyl groups excluding tert-OH is 1. The molecule has 4 rings (SSSR count). The molecule has 0 unspecified atom stereocenters. The van der Waals surface area contributed by atoms with Crippen molar-refractivity contribution in [1.29, 1.82) is 5.26 Å². The maximum atomic E-state index is 12.6. The van der Waals surface area contributed by atoms with Crippen molar-refractivity contribution in [3.05, 3.63) is 46.6 Å². The van der Waals surface area contributed by atoms with Crippen LogP contribution in [0.15, 0.2) is 30.3 Å². The number of piperidine rings is 1. The van der Waals surface area contributed by atoms with E-state index in [-0.39, 0.29) is 24.2 Å². The molecule has 2 aromatic rings. The van der Waals surface area contributed by atoms with Crippen molar-refractivity contribution < 1.29 is 14.6 Å². The number of nitriles is 1. The van der Waals surface area contributed by atoms with E-state index in [1.54, 1.807) is 24.3 Å². The minimum atomic E-state index is -0.244. The Morgan fingerprint density at radius 1 is 1.12 bits per heavy atom. The van der Waals surface area contributed by atoms with Crippen LogP contribution in [0, 0.1) is 11.3 Å². The lowest BCUT2D eigenvalue weighted by atomic mass is 9.93. The topological polar surface area (TPSA) is 111 Å². The molecule has 1 aromatic heterocycles. The van der Waals surface area contributed by atoms with Gasteiger partial charge in [-0.1, -0.05) is 11.6 Å². The molecule has 9 heteroatoms. The van der Waals surface area contributed by atoms with Gasteiger partial charge in [0.25, 0.3) is 5.91 Å². The smallest absolute Gasteiger partial charge is 0.272 e. The number of benzene rings is 1. The highest BCUT2D eigenvalue weighted by Crippen LogP contribution is 2.27. The van der Waals surface area contributed by atoms with Gasteiger partial charge in [0.05, 0.1) is 22.8 Å². The molecule has 0 atom stereocenters. The first-order chi connectivity index (χ1) is 15.5. The summed E-state index contributed by atoms with van der Waals surface area (Å²) in [4.78, 5) is 14.7. The van der Waals surface area contributed by atoms with Gasteiger partial charge in [-0.15, -0.1) is 10.2 Å². The van der Waals surface area contributed by atoms with Crippen LogP contribution in [0.5, 0.6) is 5.75 Å². The Morgan fingerprint density at radius 2 is 1.88 bits per heavy atom. The summed E-state index contributed by atoms with van der Waals surface area (Å²) < 4.78 is 6.00. The average molecular weight is 456 g/mol. The van der Waals surface area contributed by atoms with Crippen molar-refractivity contribution in [2.45, 2.75) is 56.8 Å². The normalized spacial score (nSPS) is 21.6. The molecule has 0 radical (unpaired) electrons. The van der Waals surface area contributed by atoms with Crippen LogP contribution in [0.25, 0.3) is 0 Å². The largest absolute Gasteiger partial charge is 0.490 e. The zero-order valence-electron chi connectivity index (χ0n) is 17.7. The molecule has 1 aliphatic carbocycles. The molecular formula is C23H26ClN5O3. The van der Waals surface area contributed by atoms with Crippen LogP contribution in [0.4, 0.5) is 5.82 Å². The lowest BCUT2D eigenvalue weighted by Crippen LogP contribution is -2.40. The summed E-state index contributed by atoms with van der Waals surface area (Å²) in [6, 6.07) is 10.7. The van der Waals surface area contributed by atoms with Crippen molar-refractivity contribution in [2.75, 3.05) is 18.0 Å². The van der Waals surface area contributed by atoms with Gasteiger partial charge in [0, 0.05) is 25.2 Å². The maximum absolute atomic E-state index is 12.6. The first kappa shape index (κ1) is 22.3. The highest BCUT2D eigenvalue weighted by Gasteiger charge is 2.25. The number of hydrogen-bond donors (Lipinski definition) is 2. The van der Waals surface area contributed by atoms with E-state index >= 15 is 0 Å². The standard InChI is InChI=1S/C23H26ClN5O3/c24-20-13-19(4-1-15(20)14-25)32-18-5-2-16(3-6-18)26-23(31)21-7-8-22(28-27-21)29-11-9-17(30)10-12-29/h1,4,7-8,13,16-18,30H,2-3,5-6,9-12H2,(H,26,31). The molecule has 1 saturated carbocycles. The Kier molecular flexibility index (Phi) is 7.08. The molecular weight excluding hydrogens is 430 g/mol. The van der Waals surface area contributed by atoms with Crippen molar-refractivity contribution in [2.24, 2.45) is 0 Å². The number of ether oxygens (including phenoxy) is 1. The highest BCUT2D eigenvalue weighted by atomic mass is 35.5. The third kappa shape index (κ3) is 5.47. The Bertz CT molecular complexity index is 978. The first-order valence-corrected chi connectivity index (χ1v) is 11.3. The van der Waals surface area contributed by atoms with E-state index in [2.05, 4.69) is 20.4 Å². The number of amides is 1. The van der Waals surface area contributed by atoms with Crippen molar-refractivity contribution in [1.82, 2.24) is 15.5 Å². The second-order valence-corrected chi connectivity index (χ2v) is 8.72.